The number of hydrogen-bond donors (Lipinski definition) is 1. The fourth-order valence-corrected chi connectivity index (χ4v) is 9.00. The number of aromatic nitrogens is 5. The summed E-state index contributed by atoms with van der Waals surface area (Å²) in [6.45, 7) is 2.81. The van der Waals surface area contributed by atoms with Crippen LogP contribution < -0.4 is 14.4 Å². The average molecular weight is 756 g/mol. The third-order valence-corrected chi connectivity index (χ3v) is 11.5. The second-order valence-electron chi connectivity index (χ2n) is 14.6. The number of phenolic OH excluding ortho intramolecular Hbond substituents is 1. The van der Waals surface area contributed by atoms with Gasteiger partial charge in [0.05, 0.1) is 34.8 Å². The third-order valence-electron chi connectivity index (χ3n) is 11.5. The van der Waals surface area contributed by atoms with Crippen LogP contribution in [0.5, 0.6) is 17.6 Å². The lowest BCUT2D eigenvalue weighted by molar-refractivity contribution is 0.0661. The first kappa shape index (κ1) is 35.4. The van der Waals surface area contributed by atoms with Crippen molar-refractivity contribution in [2.75, 3.05) is 44.4 Å². The minimum absolute atomic E-state index is 0.00162. The Hall–Kier alpha value is -5.33. The first-order valence-corrected chi connectivity index (χ1v) is 18.5. The lowest BCUT2D eigenvalue weighted by atomic mass is 9.95. The van der Waals surface area contributed by atoms with Crippen LogP contribution in [0, 0.1) is 24.0 Å². The number of nitrogens with zero attached hydrogens (tertiary/aromatic N) is 7. The molecule has 7 heterocycles. The first-order valence-electron chi connectivity index (χ1n) is 18.5. The summed E-state index contributed by atoms with van der Waals surface area (Å²) >= 11 is 0. The SMILES string of the molecule is C#Cc1c(F)ccc2cc(O)cc(-c3nc4c5c(nc(OC[C@@]67CCCN6[C@H](COc6nccnc6C(F)F)CC7)nc5c3F)N3CCCOC[C@@H]3CC4)c12. The minimum atomic E-state index is -2.81. The van der Waals surface area contributed by atoms with Gasteiger partial charge < -0.3 is 24.2 Å². The molecule has 0 unspecified atom stereocenters. The number of terminal acetylenes is 1. The monoisotopic (exact) mass is 755 g/mol. The van der Waals surface area contributed by atoms with E-state index in [1.807, 2.05) is 0 Å². The number of alkyl halides is 2. The zero-order valence-corrected chi connectivity index (χ0v) is 29.8. The second kappa shape index (κ2) is 14.1. The van der Waals surface area contributed by atoms with Crippen LogP contribution in [0.25, 0.3) is 32.9 Å². The average Bonchev–Trinajstić information content (AvgIpc) is 3.60. The van der Waals surface area contributed by atoms with Gasteiger partial charge in [0.1, 0.15) is 41.8 Å². The maximum absolute atomic E-state index is 17.2. The highest BCUT2D eigenvalue weighted by molar-refractivity contribution is 6.03. The molecule has 0 aliphatic carbocycles. The van der Waals surface area contributed by atoms with Crippen LogP contribution in [0.15, 0.2) is 36.7 Å². The zero-order chi connectivity index (χ0) is 37.8. The third kappa shape index (κ3) is 6.11. The van der Waals surface area contributed by atoms with E-state index in [1.54, 1.807) is 0 Å². The van der Waals surface area contributed by atoms with Gasteiger partial charge in [-0.3, -0.25) is 4.90 Å². The number of fused-ring (bicyclic) bond motifs is 4. The molecule has 9 rings (SSSR count). The Kier molecular flexibility index (Phi) is 9.05. The molecule has 11 nitrogen and oxygen atoms in total. The normalized spacial score (nSPS) is 22.4. The van der Waals surface area contributed by atoms with E-state index in [4.69, 9.17) is 35.6 Å². The molecule has 4 aliphatic heterocycles. The van der Waals surface area contributed by atoms with Crippen LogP contribution in [0.1, 0.15) is 61.9 Å². The van der Waals surface area contributed by atoms with E-state index in [-0.39, 0.29) is 70.7 Å². The highest BCUT2D eigenvalue weighted by atomic mass is 19.3. The number of aromatic hydroxyl groups is 1. The molecule has 1 N–H and O–H groups in total. The molecule has 0 saturated carbocycles. The molecule has 0 spiro atoms. The summed E-state index contributed by atoms with van der Waals surface area (Å²) in [6, 6.07) is 5.36. The van der Waals surface area contributed by atoms with Crippen molar-refractivity contribution in [3.63, 3.8) is 0 Å². The number of phenols is 1. The Morgan fingerprint density at radius 1 is 1.02 bits per heavy atom. The van der Waals surface area contributed by atoms with E-state index in [0.717, 1.165) is 38.6 Å². The quantitative estimate of drug-likeness (QED) is 0.138. The predicted octanol–water partition coefficient (Wildman–Crippen LogP) is 6.53. The number of ether oxygens (including phenoxy) is 3. The van der Waals surface area contributed by atoms with Crippen molar-refractivity contribution in [2.24, 2.45) is 0 Å². The summed E-state index contributed by atoms with van der Waals surface area (Å²) in [7, 11) is 0. The number of anilines is 1. The van der Waals surface area contributed by atoms with Gasteiger partial charge in [-0.2, -0.15) is 9.97 Å². The van der Waals surface area contributed by atoms with Crippen molar-refractivity contribution in [1.29, 1.82) is 0 Å². The van der Waals surface area contributed by atoms with Gasteiger partial charge >= 0.3 is 6.01 Å². The largest absolute Gasteiger partial charge is 0.508 e. The van der Waals surface area contributed by atoms with Gasteiger partial charge in [-0.1, -0.05) is 12.0 Å². The van der Waals surface area contributed by atoms with Gasteiger partial charge in [0.25, 0.3) is 6.43 Å². The van der Waals surface area contributed by atoms with E-state index in [2.05, 4.69) is 25.7 Å². The summed E-state index contributed by atoms with van der Waals surface area (Å²) in [4.78, 5) is 26.7. The maximum atomic E-state index is 17.2. The molecule has 0 amide bonds. The number of benzene rings is 2. The molecule has 15 heteroatoms. The summed E-state index contributed by atoms with van der Waals surface area (Å²) in [5, 5.41) is 11.9. The molecule has 55 heavy (non-hydrogen) atoms. The molecule has 2 aromatic carbocycles. The lowest BCUT2D eigenvalue weighted by Crippen LogP contribution is -2.48. The minimum Gasteiger partial charge on any atom is -0.508 e. The molecule has 5 aromatic rings. The van der Waals surface area contributed by atoms with Gasteiger partial charge in [-0.15, -0.1) is 6.42 Å². The van der Waals surface area contributed by atoms with Gasteiger partial charge in [0.2, 0.25) is 5.88 Å². The Morgan fingerprint density at radius 2 is 1.89 bits per heavy atom. The number of halogens is 4. The molecule has 0 radical (unpaired) electrons. The van der Waals surface area contributed by atoms with Crippen molar-refractivity contribution >= 4 is 27.5 Å². The highest BCUT2D eigenvalue weighted by Crippen LogP contribution is 2.45. The van der Waals surface area contributed by atoms with Crippen molar-refractivity contribution in [3.8, 4) is 41.2 Å². The Bertz CT molecular complexity index is 2360. The molecule has 4 aliphatic rings. The maximum Gasteiger partial charge on any atom is 0.319 e. The number of rotatable bonds is 8. The van der Waals surface area contributed by atoms with E-state index in [9.17, 15) is 13.9 Å². The number of hydrogen-bond acceptors (Lipinski definition) is 11. The van der Waals surface area contributed by atoms with Crippen molar-refractivity contribution in [3.05, 3.63) is 65.2 Å². The second-order valence-corrected chi connectivity index (χ2v) is 14.6. The van der Waals surface area contributed by atoms with Crippen LogP contribution in [0.2, 0.25) is 0 Å². The van der Waals surface area contributed by atoms with Gasteiger partial charge in [-0.25, -0.2) is 32.5 Å². The van der Waals surface area contributed by atoms with Crippen molar-refractivity contribution in [1.82, 2.24) is 29.8 Å². The molecule has 3 aromatic heterocycles. The van der Waals surface area contributed by atoms with Crippen LogP contribution in [-0.4, -0.2) is 92.1 Å². The van der Waals surface area contributed by atoms with Gasteiger partial charge in [0.15, 0.2) is 11.5 Å². The van der Waals surface area contributed by atoms with E-state index in [0.29, 0.717) is 54.9 Å². The Balaban J connectivity index is 1.10. The van der Waals surface area contributed by atoms with Gasteiger partial charge in [-0.05, 0) is 75.1 Å². The highest BCUT2D eigenvalue weighted by Gasteiger charge is 2.50. The number of aryl methyl sites for hydroxylation is 1. The predicted molar refractivity (Wildman–Crippen MR) is 194 cm³/mol. The zero-order valence-electron chi connectivity index (χ0n) is 29.8. The molecule has 3 saturated heterocycles. The molecule has 3 fully saturated rings. The molecule has 284 valence electrons. The topological polar surface area (TPSA) is 119 Å². The first-order chi connectivity index (χ1) is 26.7. The fraction of sp³-hybridized carbons (Fsp3) is 0.425. The standard InChI is InChI=1S/C40H37F4N7O4/c1-2-26-28(41)7-5-22-17-25(52)18-27(30(22)26)33-32(42)34-31-29(47-33)8-6-23-19-53-16-4-14-50(23)37(31)49-39(48-34)55-21-40-10-3-15-51(40)24(9-11-40)20-54-38-35(36(43)44)45-12-13-46-38/h1,5,7,12-13,17-18,23-24,36,52H,3-4,6,8-11,14-16,19-21H2/t23-,24-,40-/m0/s1. The summed E-state index contributed by atoms with van der Waals surface area (Å²) in [6.07, 6.45) is 10.6. The summed E-state index contributed by atoms with van der Waals surface area (Å²) in [5.41, 5.74) is -0.360. The molecular weight excluding hydrogens is 718 g/mol. The van der Waals surface area contributed by atoms with E-state index in [1.165, 1.54) is 36.7 Å². The van der Waals surface area contributed by atoms with Gasteiger partial charge in [0, 0.05) is 42.5 Å². The fourth-order valence-electron chi connectivity index (χ4n) is 9.00. The van der Waals surface area contributed by atoms with Crippen LogP contribution in [0.4, 0.5) is 23.4 Å². The molecule has 0 bridgehead atoms. The van der Waals surface area contributed by atoms with Crippen LogP contribution >= 0.6 is 0 Å². The van der Waals surface area contributed by atoms with Crippen LogP contribution in [0.3, 0.4) is 0 Å². The number of pyridine rings is 1. The van der Waals surface area contributed by atoms with Crippen molar-refractivity contribution < 1.29 is 36.9 Å². The van der Waals surface area contributed by atoms with E-state index >= 15 is 8.78 Å². The molecule has 3 atom stereocenters. The Morgan fingerprint density at radius 3 is 2.75 bits per heavy atom. The van der Waals surface area contributed by atoms with Crippen molar-refractivity contribution in [2.45, 2.75) is 69.0 Å². The smallest absolute Gasteiger partial charge is 0.319 e. The summed E-state index contributed by atoms with van der Waals surface area (Å²) in [5.74, 6) is 1.15. The molecular formula is C40H37F4N7O4. The van der Waals surface area contributed by atoms with Crippen LogP contribution in [-0.2, 0) is 11.2 Å². The summed E-state index contributed by atoms with van der Waals surface area (Å²) < 4.78 is 77.6. The van der Waals surface area contributed by atoms with E-state index < -0.39 is 29.3 Å². The lowest BCUT2D eigenvalue weighted by Gasteiger charge is -2.34. The Labute approximate surface area is 313 Å².